The molecule has 1 aromatic carbocycles. The van der Waals surface area contributed by atoms with Gasteiger partial charge in [-0.15, -0.1) is 0 Å². The predicted molar refractivity (Wildman–Crippen MR) is 73.9 cm³/mol. The molecule has 0 fully saturated rings. The van der Waals surface area contributed by atoms with Crippen LogP contribution >= 0.6 is 0 Å². The number of aliphatic carboxylic acids is 1. The largest absolute Gasteiger partial charge is 0.494 e. The molecule has 5 nitrogen and oxygen atoms in total. The lowest BCUT2D eigenvalue weighted by Gasteiger charge is -2.07. The van der Waals surface area contributed by atoms with Crippen molar-refractivity contribution in [3.05, 3.63) is 29.8 Å². The monoisotopic (exact) mass is 266 g/mol. The van der Waals surface area contributed by atoms with Crippen LogP contribution < -0.4 is 16.2 Å². The van der Waals surface area contributed by atoms with Crippen molar-refractivity contribution in [1.82, 2.24) is 0 Å². The van der Waals surface area contributed by atoms with Crippen LogP contribution in [-0.2, 0) is 11.2 Å². The van der Waals surface area contributed by atoms with E-state index in [2.05, 4.69) is 0 Å². The summed E-state index contributed by atoms with van der Waals surface area (Å²) in [5, 5.41) is 8.50. The molecule has 0 radical (unpaired) electrons. The van der Waals surface area contributed by atoms with Crippen molar-refractivity contribution in [2.45, 2.75) is 38.3 Å². The first-order valence-corrected chi connectivity index (χ1v) is 6.52. The average Bonchev–Trinajstić information content (AvgIpc) is 2.36. The standard InChI is InChI=1S/C14H22N2O3/c15-13(16)4-1-3-11-6-8-12(9-7-11)19-10-2-5-14(17)18/h6-9,13H,1-5,10,15-16H2,(H,17,18). The van der Waals surface area contributed by atoms with E-state index in [0.717, 1.165) is 25.0 Å². The summed E-state index contributed by atoms with van der Waals surface area (Å²) in [5.74, 6) is -0.0262. The highest BCUT2D eigenvalue weighted by molar-refractivity contribution is 5.66. The summed E-state index contributed by atoms with van der Waals surface area (Å²) in [6, 6.07) is 7.82. The second-order valence-electron chi connectivity index (χ2n) is 4.55. The number of ether oxygens (including phenoxy) is 1. The molecule has 0 saturated heterocycles. The number of carbonyl (C=O) groups is 1. The number of carboxylic acid groups (broad SMARTS) is 1. The number of benzene rings is 1. The van der Waals surface area contributed by atoms with Crippen molar-refractivity contribution in [3.8, 4) is 5.75 Å². The molecule has 0 amide bonds. The minimum absolute atomic E-state index is 0.136. The summed E-state index contributed by atoms with van der Waals surface area (Å²) in [4.78, 5) is 10.3. The Bertz CT molecular complexity index is 377. The van der Waals surface area contributed by atoms with Gasteiger partial charge in [-0.3, -0.25) is 4.79 Å². The first-order valence-electron chi connectivity index (χ1n) is 6.52. The summed E-state index contributed by atoms with van der Waals surface area (Å²) in [7, 11) is 0. The van der Waals surface area contributed by atoms with E-state index in [4.69, 9.17) is 21.3 Å². The fourth-order valence-electron chi connectivity index (χ4n) is 1.71. The quantitative estimate of drug-likeness (QED) is 0.464. The van der Waals surface area contributed by atoms with E-state index >= 15 is 0 Å². The maximum Gasteiger partial charge on any atom is 0.303 e. The first-order chi connectivity index (χ1) is 9.08. The zero-order valence-electron chi connectivity index (χ0n) is 11.0. The SMILES string of the molecule is NC(N)CCCc1ccc(OCCCC(=O)O)cc1. The smallest absolute Gasteiger partial charge is 0.303 e. The normalized spacial score (nSPS) is 10.7. The Morgan fingerprint density at radius 3 is 2.47 bits per heavy atom. The molecule has 1 rings (SSSR count). The van der Waals surface area contributed by atoms with Crippen molar-refractivity contribution >= 4 is 5.97 Å². The van der Waals surface area contributed by atoms with Crippen LogP contribution in [0, 0.1) is 0 Å². The van der Waals surface area contributed by atoms with Gasteiger partial charge >= 0.3 is 5.97 Å². The van der Waals surface area contributed by atoms with Crippen LogP contribution in [0.4, 0.5) is 0 Å². The van der Waals surface area contributed by atoms with Crippen LogP contribution in [0.15, 0.2) is 24.3 Å². The van der Waals surface area contributed by atoms with E-state index in [1.54, 1.807) is 0 Å². The maximum atomic E-state index is 10.3. The summed E-state index contributed by atoms with van der Waals surface area (Å²) < 4.78 is 5.45. The Balaban J connectivity index is 2.25. The summed E-state index contributed by atoms with van der Waals surface area (Å²) in [6.07, 6.45) is 3.15. The zero-order chi connectivity index (χ0) is 14.1. The van der Waals surface area contributed by atoms with E-state index in [0.29, 0.717) is 13.0 Å². The van der Waals surface area contributed by atoms with Gasteiger partial charge in [-0.25, -0.2) is 0 Å². The van der Waals surface area contributed by atoms with E-state index in [1.807, 2.05) is 24.3 Å². The fourth-order valence-corrected chi connectivity index (χ4v) is 1.71. The van der Waals surface area contributed by atoms with Crippen molar-refractivity contribution in [1.29, 1.82) is 0 Å². The lowest BCUT2D eigenvalue weighted by atomic mass is 10.1. The van der Waals surface area contributed by atoms with E-state index in [9.17, 15) is 4.79 Å². The van der Waals surface area contributed by atoms with Crippen molar-refractivity contribution in [2.24, 2.45) is 11.5 Å². The third-order valence-corrected chi connectivity index (χ3v) is 2.73. The van der Waals surface area contributed by atoms with Gasteiger partial charge in [-0.05, 0) is 43.4 Å². The van der Waals surface area contributed by atoms with Gasteiger partial charge in [0.05, 0.1) is 12.8 Å². The van der Waals surface area contributed by atoms with Crippen LogP contribution in [0.3, 0.4) is 0 Å². The van der Waals surface area contributed by atoms with Gasteiger partial charge in [0.2, 0.25) is 0 Å². The van der Waals surface area contributed by atoms with Crippen LogP contribution in [0.5, 0.6) is 5.75 Å². The lowest BCUT2D eigenvalue weighted by molar-refractivity contribution is -0.137. The molecular weight excluding hydrogens is 244 g/mol. The molecule has 5 N–H and O–H groups in total. The minimum atomic E-state index is -0.794. The Morgan fingerprint density at radius 1 is 1.21 bits per heavy atom. The molecular formula is C14H22N2O3. The molecule has 0 aliphatic heterocycles. The van der Waals surface area contributed by atoms with Gasteiger partial charge in [0.25, 0.3) is 0 Å². The summed E-state index contributed by atoms with van der Waals surface area (Å²) in [6.45, 7) is 0.424. The third kappa shape index (κ3) is 7.43. The zero-order valence-corrected chi connectivity index (χ0v) is 11.0. The third-order valence-electron chi connectivity index (χ3n) is 2.73. The molecule has 0 unspecified atom stereocenters. The minimum Gasteiger partial charge on any atom is -0.494 e. The number of carboxylic acids is 1. The molecule has 106 valence electrons. The van der Waals surface area contributed by atoms with Gasteiger partial charge in [0.1, 0.15) is 5.75 Å². The molecule has 0 bridgehead atoms. The fraction of sp³-hybridized carbons (Fsp3) is 0.500. The molecule has 0 aliphatic carbocycles. The number of hydrogen-bond acceptors (Lipinski definition) is 4. The van der Waals surface area contributed by atoms with E-state index in [-0.39, 0.29) is 12.6 Å². The van der Waals surface area contributed by atoms with Gasteiger partial charge in [0, 0.05) is 6.42 Å². The van der Waals surface area contributed by atoms with Crippen LogP contribution in [0.2, 0.25) is 0 Å². The number of rotatable bonds is 9. The highest BCUT2D eigenvalue weighted by atomic mass is 16.5. The summed E-state index contributed by atoms with van der Waals surface area (Å²) in [5.41, 5.74) is 12.2. The predicted octanol–water partition coefficient (Wildman–Crippen LogP) is 1.50. The second kappa shape index (κ2) is 8.50. The molecule has 0 heterocycles. The lowest BCUT2D eigenvalue weighted by Crippen LogP contribution is -2.30. The Labute approximate surface area is 113 Å². The van der Waals surface area contributed by atoms with Gasteiger partial charge in [-0.1, -0.05) is 12.1 Å². The molecule has 0 atom stereocenters. The molecule has 5 heteroatoms. The van der Waals surface area contributed by atoms with Crippen LogP contribution in [-0.4, -0.2) is 23.8 Å². The number of aryl methyl sites for hydroxylation is 1. The Hall–Kier alpha value is -1.59. The van der Waals surface area contributed by atoms with Crippen LogP contribution in [0.25, 0.3) is 0 Å². The Morgan fingerprint density at radius 2 is 1.89 bits per heavy atom. The van der Waals surface area contributed by atoms with Gasteiger partial charge < -0.3 is 21.3 Å². The second-order valence-corrected chi connectivity index (χ2v) is 4.55. The summed E-state index contributed by atoms with van der Waals surface area (Å²) >= 11 is 0. The molecule has 0 aromatic heterocycles. The van der Waals surface area contributed by atoms with Gasteiger partial charge in [0.15, 0.2) is 0 Å². The molecule has 1 aromatic rings. The maximum absolute atomic E-state index is 10.3. The van der Waals surface area contributed by atoms with Crippen molar-refractivity contribution in [2.75, 3.05) is 6.61 Å². The molecule has 19 heavy (non-hydrogen) atoms. The van der Waals surface area contributed by atoms with Crippen LogP contribution in [0.1, 0.15) is 31.2 Å². The van der Waals surface area contributed by atoms with E-state index < -0.39 is 5.97 Å². The highest BCUT2D eigenvalue weighted by Crippen LogP contribution is 2.14. The number of hydrogen-bond donors (Lipinski definition) is 3. The first kappa shape index (κ1) is 15.5. The number of nitrogens with two attached hydrogens (primary N) is 2. The van der Waals surface area contributed by atoms with E-state index in [1.165, 1.54) is 5.56 Å². The van der Waals surface area contributed by atoms with Gasteiger partial charge in [-0.2, -0.15) is 0 Å². The van der Waals surface area contributed by atoms with Crippen molar-refractivity contribution in [3.63, 3.8) is 0 Å². The molecule has 0 aliphatic rings. The highest BCUT2D eigenvalue weighted by Gasteiger charge is 2.00. The topological polar surface area (TPSA) is 98.6 Å². The molecule has 0 spiro atoms. The average molecular weight is 266 g/mol. The Kier molecular flexibility index (Phi) is 6.92. The molecule has 0 saturated carbocycles. The van der Waals surface area contributed by atoms with Crippen molar-refractivity contribution < 1.29 is 14.6 Å².